The van der Waals surface area contributed by atoms with Crippen LogP contribution in [0.2, 0.25) is 0 Å². The Bertz CT molecular complexity index is 747. The average molecular weight is 433 g/mol. The Morgan fingerprint density at radius 1 is 1.32 bits per heavy atom. The predicted molar refractivity (Wildman–Crippen MR) is 97.0 cm³/mol. The van der Waals surface area contributed by atoms with Crippen molar-refractivity contribution in [2.24, 2.45) is 5.92 Å². The SMILES string of the molecule is CS(=O)(=O)N[C@@H]1CCN(C(=O)C2CCC2)[C@@H]1Cc1cc(F)cc(Br)c1. The predicted octanol–water partition coefficient (Wildman–Crippen LogP) is 2.45. The normalized spacial score (nSPS) is 24.4. The fraction of sp³-hybridized carbons (Fsp3) is 0.588. The highest BCUT2D eigenvalue weighted by Gasteiger charge is 2.41. The zero-order chi connectivity index (χ0) is 18.2. The lowest BCUT2D eigenvalue weighted by atomic mass is 9.84. The molecule has 1 aliphatic carbocycles. The van der Waals surface area contributed by atoms with E-state index in [1.54, 1.807) is 4.90 Å². The fourth-order valence-electron chi connectivity index (χ4n) is 3.65. The van der Waals surface area contributed by atoms with Gasteiger partial charge in [0, 0.05) is 23.0 Å². The molecule has 25 heavy (non-hydrogen) atoms. The number of rotatable bonds is 5. The van der Waals surface area contributed by atoms with Crippen molar-refractivity contribution in [2.75, 3.05) is 12.8 Å². The van der Waals surface area contributed by atoms with Crippen molar-refractivity contribution in [3.05, 3.63) is 34.1 Å². The number of carbonyl (C=O) groups is 1. The summed E-state index contributed by atoms with van der Waals surface area (Å²) in [7, 11) is -3.38. The first kappa shape index (κ1) is 18.8. The van der Waals surface area contributed by atoms with Gasteiger partial charge in [0.25, 0.3) is 0 Å². The molecule has 1 saturated carbocycles. The van der Waals surface area contributed by atoms with Crippen LogP contribution in [0, 0.1) is 11.7 Å². The van der Waals surface area contributed by atoms with E-state index >= 15 is 0 Å². The number of likely N-dealkylation sites (tertiary alicyclic amines) is 1. The van der Waals surface area contributed by atoms with Gasteiger partial charge in [-0.2, -0.15) is 0 Å². The minimum absolute atomic E-state index is 0.0544. The summed E-state index contributed by atoms with van der Waals surface area (Å²) in [6, 6.07) is 3.98. The zero-order valence-electron chi connectivity index (χ0n) is 14.0. The Kier molecular flexibility index (Phi) is 5.51. The molecule has 8 heteroatoms. The summed E-state index contributed by atoms with van der Waals surface area (Å²) < 4.78 is 40.4. The number of nitrogens with zero attached hydrogens (tertiary/aromatic N) is 1. The van der Waals surface area contributed by atoms with Gasteiger partial charge in [0.15, 0.2) is 0 Å². The fourth-order valence-corrected chi connectivity index (χ4v) is 4.99. The lowest BCUT2D eigenvalue weighted by Gasteiger charge is -2.34. The Labute approximate surface area is 156 Å². The Morgan fingerprint density at radius 3 is 2.60 bits per heavy atom. The first-order valence-electron chi connectivity index (χ1n) is 8.46. The summed E-state index contributed by atoms with van der Waals surface area (Å²) in [4.78, 5) is 14.5. The van der Waals surface area contributed by atoms with Crippen LogP contribution >= 0.6 is 15.9 Å². The summed E-state index contributed by atoms with van der Waals surface area (Å²) in [5.74, 6) is -0.199. The molecule has 2 aliphatic rings. The Morgan fingerprint density at radius 2 is 2.04 bits per heavy atom. The van der Waals surface area contributed by atoms with Gasteiger partial charge < -0.3 is 4.90 Å². The number of halogens is 2. The summed E-state index contributed by atoms with van der Waals surface area (Å²) in [5, 5.41) is 0. The second kappa shape index (κ2) is 7.32. The molecule has 1 saturated heterocycles. The number of carbonyl (C=O) groups excluding carboxylic acids is 1. The van der Waals surface area contributed by atoms with E-state index in [2.05, 4.69) is 20.7 Å². The molecule has 138 valence electrons. The smallest absolute Gasteiger partial charge is 0.225 e. The molecule has 2 atom stereocenters. The first-order chi connectivity index (χ1) is 11.7. The second-order valence-electron chi connectivity index (χ2n) is 6.99. The molecule has 0 spiro atoms. The molecule has 3 rings (SSSR count). The van der Waals surface area contributed by atoms with Crippen molar-refractivity contribution in [1.29, 1.82) is 0 Å². The van der Waals surface area contributed by atoms with Gasteiger partial charge >= 0.3 is 0 Å². The molecule has 1 heterocycles. The second-order valence-corrected chi connectivity index (χ2v) is 9.69. The highest BCUT2D eigenvalue weighted by molar-refractivity contribution is 9.10. The molecular weight excluding hydrogens is 411 g/mol. The maximum Gasteiger partial charge on any atom is 0.225 e. The van der Waals surface area contributed by atoms with E-state index in [4.69, 9.17) is 0 Å². The molecule has 1 aromatic carbocycles. The first-order valence-corrected chi connectivity index (χ1v) is 11.1. The Balaban J connectivity index is 1.84. The lowest BCUT2D eigenvalue weighted by molar-refractivity contribution is -0.139. The van der Waals surface area contributed by atoms with Crippen LogP contribution in [0.5, 0.6) is 0 Å². The number of sulfonamides is 1. The topological polar surface area (TPSA) is 66.5 Å². The third-order valence-corrected chi connectivity index (χ3v) is 6.20. The maximum absolute atomic E-state index is 13.7. The van der Waals surface area contributed by atoms with Crippen LogP contribution in [0.25, 0.3) is 0 Å². The highest BCUT2D eigenvalue weighted by Crippen LogP contribution is 2.32. The summed E-state index contributed by atoms with van der Waals surface area (Å²) in [6.45, 7) is 0.531. The van der Waals surface area contributed by atoms with Gasteiger partial charge in [0.1, 0.15) is 5.82 Å². The van der Waals surface area contributed by atoms with Crippen molar-refractivity contribution in [3.8, 4) is 0 Å². The molecule has 5 nitrogen and oxygen atoms in total. The third-order valence-electron chi connectivity index (χ3n) is 5.02. The third kappa shape index (κ3) is 4.60. The standard InChI is InChI=1S/C17H22BrFN2O3S/c1-25(23,24)20-15-5-6-21(17(22)12-3-2-4-12)16(15)9-11-7-13(18)10-14(19)8-11/h7-8,10,12,15-16,20H,2-6,9H2,1H3/t15-,16-/m1/s1. The van der Waals surface area contributed by atoms with Crippen molar-refractivity contribution in [1.82, 2.24) is 9.62 Å². The lowest BCUT2D eigenvalue weighted by Crippen LogP contribution is -2.49. The Hall–Kier alpha value is -0.990. The van der Waals surface area contributed by atoms with Gasteiger partial charge in [-0.1, -0.05) is 22.4 Å². The van der Waals surface area contributed by atoms with Crippen LogP contribution in [0.3, 0.4) is 0 Å². The molecule has 1 aliphatic heterocycles. The molecule has 1 amide bonds. The molecule has 0 aromatic heterocycles. The minimum Gasteiger partial charge on any atom is -0.337 e. The summed E-state index contributed by atoms with van der Waals surface area (Å²) >= 11 is 3.28. The number of hydrogen-bond donors (Lipinski definition) is 1. The minimum atomic E-state index is -3.38. The van der Waals surface area contributed by atoms with E-state index in [-0.39, 0.29) is 29.7 Å². The van der Waals surface area contributed by atoms with E-state index in [9.17, 15) is 17.6 Å². The van der Waals surface area contributed by atoms with Gasteiger partial charge in [-0.3, -0.25) is 4.79 Å². The number of benzene rings is 1. The molecule has 2 fully saturated rings. The van der Waals surface area contributed by atoms with Gasteiger partial charge in [0.2, 0.25) is 15.9 Å². The molecule has 1 aromatic rings. The quantitative estimate of drug-likeness (QED) is 0.776. The van der Waals surface area contributed by atoms with E-state index in [0.29, 0.717) is 23.9 Å². The van der Waals surface area contributed by atoms with Gasteiger partial charge in [0.05, 0.1) is 12.3 Å². The molecule has 0 bridgehead atoms. The van der Waals surface area contributed by atoms with Crippen LogP contribution < -0.4 is 4.72 Å². The monoisotopic (exact) mass is 432 g/mol. The van der Waals surface area contributed by atoms with E-state index < -0.39 is 10.0 Å². The van der Waals surface area contributed by atoms with E-state index in [1.807, 2.05) is 6.07 Å². The molecule has 1 N–H and O–H groups in total. The van der Waals surface area contributed by atoms with E-state index in [0.717, 1.165) is 31.1 Å². The molecule has 0 unspecified atom stereocenters. The zero-order valence-corrected chi connectivity index (χ0v) is 16.4. The van der Waals surface area contributed by atoms with Gasteiger partial charge in [-0.05, 0) is 49.4 Å². The van der Waals surface area contributed by atoms with Crippen molar-refractivity contribution >= 4 is 31.9 Å². The van der Waals surface area contributed by atoms with Crippen LogP contribution in [-0.4, -0.2) is 44.1 Å². The maximum atomic E-state index is 13.7. The average Bonchev–Trinajstić information content (AvgIpc) is 2.76. The number of amides is 1. The van der Waals surface area contributed by atoms with Crippen molar-refractivity contribution in [2.45, 2.75) is 44.2 Å². The number of nitrogens with one attached hydrogen (secondary N) is 1. The van der Waals surface area contributed by atoms with Crippen LogP contribution in [-0.2, 0) is 21.2 Å². The number of hydrogen-bond acceptors (Lipinski definition) is 3. The van der Waals surface area contributed by atoms with Crippen molar-refractivity contribution < 1.29 is 17.6 Å². The van der Waals surface area contributed by atoms with Crippen LogP contribution in [0.1, 0.15) is 31.2 Å². The van der Waals surface area contributed by atoms with E-state index in [1.165, 1.54) is 12.1 Å². The molecular formula is C17H22BrFN2O3S. The summed E-state index contributed by atoms with van der Waals surface area (Å²) in [6.07, 6.45) is 4.99. The van der Waals surface area contributed by atoms with Gasteiger partial charge in [-0.25, -0.2) is 17.5 Å². The van der Waals surface area contributed by atoms with Crippen molar-refractivity contribution in [3.63, 3.8) is 0 Å². The summed E-state index contributed by atoms with van der Waals surface area (Å²) in [5.41, 5.74) is 0.741. The van der Waals surface area contributed by atoms with Crippen LogP contribution in [0.15, 0.2) is 22.7 Å². The largest absolute Gasteiger partial charge is 0.337 e. The van der Waals surface area contributed by atoms with Gasteiger partial charge in [-0.15, -0.1) is 0 Å². The molecule has 0 radical (unpaired) electrons. The van der Waals surface area contributed by atoms with Crippen LogP contribution in [0.4, 0.5) is 4.39 Å². The highest BCUT2D eigenvalue weighted by atomic mass is 79.9.